The summed E-state index contributed by atoms with van der Waals surface area (Å²) in [5.74, 6) is 0.524. The van der Waals surface area contributed by atoms with Crippen LogP contribution in [0.2, 0.25) is 0 Å². The number of aliphatic hydroxyl groups is 1. The number of hydrogen-bond donors (Lipinski definition) is 2. The molecule has 2 aromatic rings. The van der Waals surface area contributed by atoms with Crippen molar-refractivity contribution in [3.05, 3.63) is 41.7 Å². The Labute approximate surface area is 129 Å². The first-order valence-electron chi connectivity index (χ1n) is 7.13. The maximum Gasteiger partial charge on any atom is 0.221 e. The second-order valence-corrected chi connectivity index (χ2v) is 5.28. The Morgan fingerprint density at radius 2 is 2.05 bits per heavy atom. The van der Waals surface area contributed by atoms with Crippen LogP contribution in [-0.2, 0) is 11.3 Å². The van der Waals surface area contributed by atoms with Gasteiger partial charge in [-0.05, 0) is 44.2 Å². The van der Waals surface area contributed by atoms with Gasteiger partial charge in [0.15, 0.2) is 0 Å². The maximum atomic E-state index is 10.9. The largest absolute Gasteiger partial charge is 0.491 e. The van der Waals surface area contributed by atoms with Gasteiger partial charge in [0.2, 0.25) is 5.91 Å². The Hall–Kier alpha value is -2.34. The van der Waals surface area contributed by atoms with Gasteiger partial charge in [-0.2, -0.15) is 5.10 Å². The molecule has 1 atom stereocenters. The van der Waals surface area contributed by atoms with Gasteiger partial charge >= 0.3 is 0 Å². The molecule has 0 fully saturated rings. The van der Waals surface area contributed by atoms with Crippen molar-refractivity contribution in [2.24, 2.45) is 0 Å². The van der Waals surface area contributed by atoms with E-state index in [0.29, 0.717) is 18.0 Å². The Bertz CT molecular complexity index is 635. The van der Waals surface area contributed by atoms with Crippen LogP contribution < -0.4 is 10.1 Å². The van der Waals surface area contributed by atoms with Crippen molar-refractivity contribution in [2.45, 2.75) is 33.4 Å². The maximum absolute atomic E-state index is 10.9. The topological polar surface area (TPSA) is 76.4 Å². The third kappa shape index (κ3) is 4.60. The summed E-state index contributed by atoms with van der Waals surface area (Å²) in [7, 11) is 0. The van der Waals surface area contributed by atoms with Crippen LogP contribution >= 0.6 is 0 Å². The molecule has 0 saturated carbocycles. The molecule has 0 spiro atoms. The van der Waals surface area contributed by atoms with Crippen LogP contribution in [0.1, 0.15) is 18.3 Å². The molecule has 1 heterocycles. The highest BCUT2D eigenvalue weighted by Crippen LogP contribution is 2.16. The first-order valence-corrected chi connectivity index (χ1v) is 7.13. The first kappa shape index (κ1) is 16.0. The van der Waals surface area contributed by atoms with Crippen LogP contribution in [0.15, 0.2) is 30.3 Å². The fourth-order valence-electron chi connectivity index (χ4n) is 2.14. The van der Waals surface area contributed by atoms with Crippen molar-refractivity contribution in [1.82, 2.24) is 9.78 Å². The second-order valence-electron chi connectivity index (χ2n) is 5.28. The monoisotopic (exact) mass is 303 g/mol. The molecule has 0 aliphatic heterocycles. The minimum absolute atomic E-state index is 0.117. The second kappa shape index (κ2) is 7.09. The predicted molar refractivity (Wildman–Crippen MR) is 83.9 cm³/mol. The van der Waals surface area contributed by atoms with E-state index in [4.69, 9.17) is 4.74 Å². The standard InChI is InChI=1S/C16H21N3O3/c1-11-8-12(2)19(18-11)9-15(21)10-22-16-6-4-14(5-7-16)17-13(3)20/h4-8,15,21H,9-10H2,1-3H3,(H,17,20). The molecule has 6 nitrogen and oxygen atoms in total. The third-order valence-electron chi connectivity index (χ3n) is 3.10. The third-order valence-corrected chi connectivity index (χ3v) is 3.10. The van der Waals surface area contributed by atoms with Crippen LogP contribution in [0.4, 0.5) is 5.69 Å². The molecule has 0 radical (unpaired) electrons. The van der Waals surface area contributed by atoms with Crippen molar-refractivity contribution >= 4 is 11.6 Å². The summed E-state index contributed by atoms with van der Waals surface area (Å²) < 4.78 is 7.31. The van der Waals surface area contributed by atoms with Crippen LogP contribution in [-0.4, -0.2) is 33.5 Å². The average Bonchev–Trinajstić information content (AvgIpc) is 2.75. The Kier molecular flexibility index (Phi) is 5.16. The van der Waals surface area contributed by atoms with Gasteiger partial charge in [-0.15, -0.1) is 0 Å². The molecule has 1 aromatic carbocycles. The van der Waals surface area contributed by atoms with Crippen molar-refractivity contribution in [2.75, 3.05) is 11.9 Å². The zero-order valence-corrected chi connectivity index (χ0v) is 13.0. The zero-order chi connectivity index (χ0) is 16.1. The lowest BCUT2D eigenvalue weighted by Crippen LogP contribution is -2.24. The molecule has 1 unspecified atom stereocenters. The SMILES string of the molecule is CC(=O)Nc1ccc(OCC(O)Cn2nc(C)cc2C)cc1. The summed E-state index contributed by atoms with van der Waals surface area (Å²) in [6.45, 7) is 5.90. The van der Waals surface area contributed by atoms with E-state index in [9.17, 15) is 9.90 Å². The molecule has 0 aliphatic rings. The molecular formula is C16H21N3O3. The number of aromatic nitrogens is 2. The number of benzene rings is 1. The summed E-state index contributed by atoms with van der Waals surface area (Å²) in [6.07, 6.45) is -0.645. The smallest absolute Gasteiger partial charge is 0.221 e. The number of nitrogens with zero attached hydrogens (tertiary/aromatic N) is 2. The quantitative estimate of drug-likeness (QED) is 0.854. The Balaban J connectivity index is 1.84. The number of amides is 1. The van der Waals surface area contributed by atoms with Crippen molar-refractivity contribution in [3.63, 3.8) is 0 Å². The van der Waals surface area contributed by atoms with Gasteiger partial charge < -0.3 is 15.2 Å². The van der Waals surface area contributed by atoms with E-state index in [1.165, 1.54) is 6.92 Å². The van der Waals surface area contributed by atoms with Crippen LogP contribution in [0, 0.1) is 13.8 Å². The highest BCUT2D eigenvalue weighted by molar-refractivity contribution is 5.88. The molecule has 0 bridgehead atoms. The van der Waals surface area contributed by atoms with Crippen molar-refractivity contribution < 1.29 is 14.6 Å². The fraction of sp³-hybridized carbons (Fsp3) is 0.375. The normalized spacial score (nSPS) is 12.0. The lowest BCUT2D eigenvalue weighted by Gasteiger charge is -2.14. The average molecular weight is 303 g/mol. The minimum Gasteiger partial charge on any atom is -0.491 e. The van der Waals surface area contributed by atoms with Gasteiger partial charge in [0, 0.05) is 18.3 Å². The van der Waals surface area contributed by atoms with Gasteiger partial charge in [-0.25, -0.2) is 0 Å². The molecule has 118 valence electrons. The summed E-state index contributed by atoms with van der Waals surface area (Å²) in [5, 5.41) is 17.0. The summed E-state index contributed by atoms with van der Waals surface area (Å²) in [5.41, 5.74) is 2.65. The highest BCUT2D eigenvalue weighted by atomic mass is 16.5. The number of anilines is 1. The molecule has 0 saturated heterocycles. The molecule has 1 aromatic heterocycles. The summed E-state index contributed by atoms with van der Waals surface area (Å²) >= 11 is 0. The minimum atomic E-state index is -0.645. The van der Waals surface area contributed by atoms with Crippen LogP contribution in [0.3, 0.4) is 0 Å². The molecule has 6 heteroatoms. The Morgan fingerprint density at radius 3 is 2.59 bits per heavy atom. The molecular weight excluding hydrogens is 282 g/mol. The predicted octanol–water partition coefficient (Wildman–Crippen LogP) is 1.90. The number of carbonyl (C=O) groups is 1. The molecule has 2 N–H and O–H groups in total. The van der Waals surface area contributed by atoms with Gasteiger partial charge in [-0.3, -0.25) is 9.48 Å². The molecule has 2 rings (SSSR count). The van der Waals surface area contributed by atoms with E-state index in [0.717, 1.165) is 11.4 Å². The molecule has 1 amide bonds. The fourth-order valence-corrected chi connectivity index (χ4v) is 2.14. The van der Waals surface area contributed by atoms with Gasteiger partial charge in [-0.1, -0.05) is 0 Å². The van der Waals surface area contributed by atoms with E-state index < -0.39 is 6.10 Å². The van der Waals surface area contributed by atoms with E-state index >= 15 is 0 Å². The number of carbonyl (C=O) groups excluding carboxylic acids is 1. The lowest BCUT2D eigenvalue weighted by atomic mass is 10.3. The number of aryl methyl sites for hydroxylation is 2. The summed E-state index contributed by atoms with van der Waals surface area (Å²) in [4.78, 5) is 10.9. The van der Waals surface area contributed by atoms with E-state index in [1.807, 2.05) is 19.9 Å². The number of aliphatic hydroxyl groups excluding tert-OH is 1. The summed E-state index contributed by atoms with van der Waals surface area (Å²) in [6, 6.07) is 8.98. The first-order chi connectivity index (χ1) is 10.4. The molecule has 0 aliphatic carbocycles. The van der Waals surface area contributed by atoms with Crippen LogP contribution in [0.25, 0.3) is 0 Å². The number of rotatable bonds is 6. The number of nitrogens with one attached hydrogen (secondary N) is 1. The van der Waals surface area contributed by atoms with Gasteiger partial charge in [0.05, 0.1) is 12.2 Å². The number of ether oxygens (including phenoxy) is 1. The number of hydrogen-bond acceptors (Lipinski definition) is 4. The van der Waals surface area contributed by atoms with Gasteiger partial charge in [0.1, 0.15) is 18.5 Å². The van der Waals surface area contributed by atoms with Crippen molar-refractivity contribution in [3.8, 4) is 5.75 Å². The zero-order valence-electron chi connectivity index (χ0n) is 13.0. The van der Waals surface area contributed by atoms with E-state index in [2.05, 4.69) is 10.4 Å². The highest BCUT2D eigenvalue weighted by Gasteiger charge is 2.09. The van der Waals surface area contributed by atoms with Gasteiger partial charge in [0.25, 0.3) is 0 Å². The Morgan fingerprint density at radius 1 is 1.36 bits per heavy atom. The van der Waals surface area contributed by atoms with Crippen LogP contribution in [0.5, 0.6) is 5.75 Å². The lowest BCUT2D eigenvalue weighted by molar-refractivity contribution is -0.114. The molecule has 22 heavy (non-hydrogen) atoms. The van der Waals surface area contributed by atoms with E-state index in [-0.39, 0.29) is 12.5 Å². The van der Waals surface area contributed by atoms with E-state index in [1.54, 1.807) is 28.9 Å². The van der Waals surface area contributed by atoms with Crippen molar-refractivity contribution in [1.29, 1.82) is 0 Å².